The van der Waals surface area contributed by atoms with Crippen molar-refractivity contribution in [2.24, 2.45) is 0 Å². The summed E-state index contributed by atoms with van der Waals surface area (Å²) in [5.74, 6) is 1.71. The van der Waals surface area contributed by atoms with Crippen LogP contribution < -0.4 is 15.4 Å². The Morgan fingerprint density at radius 3 is 2.32 bits per heavy atom. The first-order valence-corrected chi connectivity index (χ1v) is 11.4. The Hall–Kier alpha value is -2.57. The van der Waals surface area contributed by atoms with Gasteiger partial charge in [0.1, 0.15) is 18.0 Å². The fraction of sp³-hybridized carbons (Fsp3) is 0.480. The first-order valence-electron chi connectivity index (χ1n) is 11.4. The average molecular weight is 424 g/mol. The van der Waals surface area contributed by atoms with Crippen LogP contribution in [0.2, 0.25) is 0 Å². The summed E-state index contributed by atoms with van der Waals surface area (Å²) in [5, 5.41) is 0. The third kappa shape index (κ3) is 5.20. The minimum absolute atomic E-state index is 0.0628. The number of ether oxygens (including phenoxy) is 1. The van der Waals surface area contributed by atoms with Gasteiger partial charge >= 0.3 is 0 Å². The summed E-state index contributed by atoms with van der Waals surface area (Å²) in [6.45, 7) is 7.22. The molecule has 2 aromatic rings. The highest BCUT2D eigenvalue weighted by Crippen LogP contribution is 2.31. The zero-order chi connectivity index (χ0) is 21.8. The van der Waals surface area contributed by atoms with Crippen molar-refractivity contribution in [2.45, 2.75) is 31.7 Å². The van der Waals surface area contributed by atoms with Gasteiger partial charge < -0.3 is 20.3 Å². The van der Waals surface area contributed by atoms with Crippen molar-refractivity contribution >= 4 is 17.3 Å². The molecule has 2 fully saturated rings. The molecule has 6 heteroatoms. The topological polar surface area (TPSA) is 63.7 Å². The van der Waals surface area contributed by atoms with E-state index < -0.39 is 0 Å². The molecule has 1 amide bonds. The molecule has 2 heterocycles. The summed E-state index contributed by atoms with van der Waals surface area (Å²) < 4.78 is 5.97. The largest absolute Gasteiger partial charge is 0.492 e. The van der Waals surface area contributed by atoms with Gasteiger partial charge in [-0.2, -0.15) is 0 Å². The van der Waals surface area contributed by atoms with Crippen LogP contribution in [-0.4, -0.2) is 68.1 Å². The molecule has 0 spiro atoms. The Balaban J connectivity index is 1.23. The van der Waals surface area contributed by atoms with Crippen LogP contribution in [0, 0.1) is 0 Å². The number of quaternary nitrogens is 1. The van der Waals surface area contributed by atoms with E-state index in [4.69, 9.17) is 4.74 Å². The van der Waals surface area contributed by atoms with Crippen LogP contribution in [0.15, 0.2) is 48.5 Å². The van der Waals surface area contributed by atoms with Gasteiger partial charge in [0.25, 0.3) is 0 Å². The van der Waals surface area contributed by atoms with E-state index in [0.29, 0.717) is 12.5 Å². The van der Waals surface area contributed by atoms with Gasteiger partial charge in [-0.3, -0.25) is 9.69 Å². The molecule has 1 atom stereocenters. The molecule has 0 radical (unpaired) electrons. The van der Waals surface area contributed by atoms with Gasteiger partial charge in [0.15, 0.2) is 0 Å². The second-order valence-corrected chi connectivity index (χ2v) is 8.82. The Bertz CT molecular complexity index is 860. The van der Waals surface area contributed by atoms with Crippen LogP contribution in [0.1, 0.15) is 31.2 Å². The number of anilines is 1. The zero-order valence-corrected chi connectivity index (χ0v) is 18.8. The second kappa shape index (κ2) is 9.71. The van der Waals surface area contributed by atoms with Crippen molar-refractivity contribution in [1.82, 2.24) is 9.80 Å². The van der Waals surface area contributed by atoms with E-state index in [1.807, 2.05) is 18.9 Å². The Labute approximate surface area is 185 Å². The number of carbonyl (C=O) groups is 1. The summed E-state index contributed by atoms with van der Waals surface area (Å²) in [5.41, 5.74) is 7.73. The van der Waals surface area contributed by atoms with E-state index in [9.17, 15) is 4.79 Å². The number of amides is 1. The van der Waals surface area contributed by atoms with Crippen molar-refractivity contribution in [2.75, 3.05) is 51.3 Å². The molecule has 2 aliphatic rings. The van der Waals surface area contributed by atoms with E-state index in [1.54, 1.807) is 0 Å². The first-order chi connectivity index (χ1) is 15.0. The highest BCUT2D eigenvalue weighted by Gasteiger charge is 2.28. The highest BCUT2D eigenvalue weighted by atomic mass is 16.5. The van der Waals surface area contributed by atoms with E-state index in [0.717, 1.165) is 44.2 Å². The lowest BCUT2D eigenvalue weighted by atomic mass is 9.89. The van der Waals surface area contributed by atoms with Gasteiger partial charge in [-0.15, -0.1) is 0 Å². The Morgan fingerprint density at radius 2 is 1.65 bits per heavy atom. The smallest absolute Gasteiger partial charge is 0.239 e. The Morgan fingerprint density at radius 1 is 0.968 bits per heavy atom. The number of hydrogen-bond acceptors (Lipinski definition) is 4. The third-order valence-electron chi connectivity index (χ3n) is 6.80. The van der Waals surface area contributed by atoms with Crippen molar-refractivity contribution < 1.29 is 15.3 Å². The quantitative estimate of drug-likeness (QED) is 0.775. The molecule has 166 valence electrons. The van der Waals surface area contributed by atoms with Crippen molar-refractivity contribution in [3.63, 3.8) is 0 Å². The number of rotatable bonds is 6. The lowest BCUT2D eigenvalue weighted by Gasteiger charge is -2.37. The molecule has 0 unspecified atom stereocenters. The van der Waals surface area contributed by atoms with Crippen LogP contribution in [0.25, 0.3) is 0 Å². The summed E-state index contributed by atoms with van der Waals surface area (Å²) >= 11 is 0. The van der Waals surface area contributed by atoms with Crippen molar-refractivity contribution in [3.8, 4) is 5.75 Å². The molecule has 0 aromatic heterocycles. The van der Waals surface area contributed by atoms with Crippen LogP contribution in [0.4, 0.5) is 11.4 Å². The van der Waals surface area contributed by atoms with Crippen molar-refractivity contribution in [1.29, 1.82) is 0 Å². The summed E-state index contributed by atoms with van der Waals surface area (Å²) in [6, 6.07) is 17.1. The zero-order valence-electron chi connectivity index (χ0n) is 18.8. The molecule has 0 aliphatic carbocycles. The molecule has 3 N–H and O–H groups in total. The normalized spacial score (nSPS) is 20.9. The molecule has 2 aliphatic heterocycles. The van der Waals surface area contributed by atoms with Gasteiger partial charge in [0.05, 0.1) is 6.04 Å². The van der Waals surface area contributed by atoms with Crippen LogP contribution in [0.5, 0.6) is 5.75 Å². The monoisotopic (exact) mass is 423 g/mol. The minimum Gasteiger partial charge on any atom is -0.492 e. The molecule has 31 heavy (non-hydrogen) atoms. The molecule has 0 bridgehead atoms. The summed E-state index contributed by atoms with van der Waals surface area (Å²) in [6.07, 6.45) is 2.34. The predicted octanol–water partition coefficient (Wildman–Crippen LogP) is 2.49. The standard InChI is InChI=1S/C25H34N4O2/c1-19-25(30)27(2)15-16-28(19)17-18-31-24-9-3-20(4-10-24)21-11-13-29(14-12-21)23-7-5-22(26)6-8-23/h3-10,19,21H,11-18,26H2,1-2H3/p+1/t19-/m1/s1. The lowest BCUT2D eigenvalue weighted by molar-refractivity contribution is -0.254. The number of carbonyl (C=O) groups excluding carboxylic acids is 1. The summed E-state index contributed by atoms with van der Waals surface area (Å²) in [7, 11) is 1.87. The fourth-order valence-electron chi connectivity index (χ4n) is 4.66. The summed E-state index contributed by atoms with van der Waals surface area (Å²) in [4.78, 5) is 18.6. The fourth-order valence-corrected chi connectivity index (χ4v) is 4.66. The molecule has 2 saturated heterocycles. The SMILES string of the molecule is C[C@@H]1C(=O)N(C)CCN1CCOc1ccc(C2CCN(c3ccc([NH3+])cc3)CC2)cc1. The molecule has 2 aromatic carbocycles. The number of likely N-dealkylation sites (N-methyl/N-ethyl adjacent to an activating group) is 1. The molecule has 6 nitrogen and oxygen atoms in total. The first kappa shape index (κ1) is 21.7. The van der Waals surface area contributed by atoms with E-state index in [1.165, 1.54) is 24.1 Å². The third-order valence-corrected chi connectivity index (χ3v) is 6.80. The maximum Gasteiger partial charge on any atom is 0.239 e. The maximum atomic E-state index is 12.1. The van der Waals surface area contributed by atoms with Gasteiger partial charge in [-0.25, -0.2) is 0 Å². The highest BCUT2D eigenvalue weighted by molar-refractivity contribution is 5.81. The molecular formula is C25H35N4O2+. The number of benzene rings is 2. The van der Waals surface area contributed by atoms with Gasteiger partial charge in [-0.1, -0.05) is 12.1 Å². The number of piperazine rings is 1. The van der Waals surface area contributed by atoms with Crippen LogP contribution in [0.3, 0.4) is 0 Å². The number of piperidine rings is 1. The second-order valence-electron chi connectivity index (χ2n) is 8.82. The van der Waals surface area contributed by atoms with Crippen LogP contribution in [-0.2, 0) is 4.79 Å². The van der Waals surface area contributed by atoms with E-state index in [-0.39, 0.29) is 11.9 Å². The maximum absolute atomic E-state index is 12.1. The van der Waals surface area contributed by atoms with E-state index >= 15 is 0 Å². The predicted molar refractivity (Wildman–Crippen MR) is 124 cm³/mol. The molecule has 4 rings (SSSR count). The number of nitrogens with zero attached hydrogens (tertiary/aromatic N) is 3. The lowest BCUT2D eigenvalue weighted by Crippen LogP contribution is -2.55. The number of hydrogen-bond donors (Lipinski definition) is 1. The Kier molecular flexibility index (Phi) is 6.78. The van der Waals surface area contributed by atoms with Gasteiger partial charge in [0.2, 0.25) is 5.91 Å². The van der Waals surface area contributed by atoms with Crippen molar-refractivity contribution in [3.05, 3.63) is 54.1 Å². The van der Waals surface area contributed by atoms with Gasteiger partial charge in [-0.05, 0) is 55.5 Å². The van der Waals surface area contributed by atoms with E-state index in [2.05, 4.69) is 64.1 Å². The molecular weight excluding hydrogens is 388 g/mol. The average Bonchev–Trinajstić information content (AvgIpc) is 2.80. The minimum atomic E-state index is -0.0628. The molecule has 0 saturated carbocycles. The van der Waals surface area contributed by atoms with Crippen LogP contribution >= 0.6 is 0 Å². The van der Waals surface area contributed by atoms with Gasteiger partial charge in [0, 0.05) is 57.6 Å².